The van der Waals surface area contributed by atoms with E-state index < -0.39 is 0 Å². The zero-order chi connectivity index (χ0) is 23.3. The zero-order valence-electron chi connectivity index (χ0n) is 18.6. The number of para-hydroxylation sites is 1. The largest absolute Gasteiger partial charge is 0.326 e. The van der Waals surface area contributed by atoms with Gasteiger partial charge in [0.15, 0.2) is 10.9 Å². The molecule has 34 heavy (non-hydrogen) atoms. The number of thioether (sulfide) groups is 1. The van der Waals surface area contributed by atoms with E-state index in [0.717, 1.165) is 41.2 Å². The molecule has 0 atom stereocenters. The summed E-state index contributed by atoms with van der Waals surface area (Å²) in [6.45, 7) is 0. The molecule has 4 aromatic rings. The molecule has 1 amide bonds. The Morgan fingerprint density at radius 1 is 0.941 bits per heavy atom. The van der Waals surface area contributed by atoms with Crippen LogP contribution in [0.25, 0.3) is 5.69 Å². The summed E-state index contributed by atoms with van der Waals surface area (Å²) in [5.74, 6) is 1.13. The summed E-state index contributed by atoms with van der Waals surface area (Å²) in [6.07, 6.45) is 2.73. The van der Waals surface area contributed by atoms with Crippen molar-refractivity contribution in [2.24, 2.45) is 0 Å². The summed E-state index contributed by atoms with van der Waals surface area (Å²) in [6, 6.07) is 25.7. The van der Waals surface area contributed by atoms with E-state index in [1.54, 1.807) is 6.07 Å². The average molecular weight is 469 g/mol. The summed E-state index contributed by atoms with van der Waals surface area (Å²) in [5.41, 5.74) is 4.59. The predicted molar refractivity (Wildman–Crippen MR) is 134 cm³/mol. The molecule has 0 bridgehead atoms. The Bertz CT molecular complexity index is 1320. The van der Waals surface area contributed by atoms with E-state index in [0.29, 0.717) is 23.6 Å². The first-order valence-corrected chi connectivity index (χ1v) is 12.3. The molecule has 0 saturated carbocycles. The maximum Gasteiger partial charge on any atom is 0.224 e. The molecular weight excluding hydrogens is 444 g/mol. The highest BCUT2D eigenvalue weighted by molar-refractivity contribution is 7.99. The Labute approximate surface area is 202 Å². The minimum Gasteiger partial charge on any atom is -0.326 e. The van der Waals surface area contributed by atoms with Crippen LogP contribution in [0.2, 0.25) is 0 Å². The molecule has 5 rings (SSSR count). The number of amides is 1. The second-order valence-electron chi connectivity index (χ2n) is 8.22. The van der Waals surface area contributed by atoms with Gasteiger partial charge in [0.25, 0.3) is 0 Å². The summed E-state index contributed by atoms with van der Waals surface area (Å²) in [4.78, 5) is 24.8. The van der Waals surface area contributed by atoms with Gasteiger partial charge in [-0.05, 0) is 54.3 Å². The van der Waals surface area contributed by atoms with Crippen LogP contribution in [0.4, 0.5) is 5.69 Å². The van der Waals surface area contributed by atoms with Crippen LogP contribution in [0, 0.1) is 0 Å². The van der Waals surface area contributed by atoms with Crippen LogP contribution in [-0.4, -0.2) is 32.2 Å². The smallest absolute Gasteiger partial charge is 0.224 e. The van der Waals surface area contributed by atoms with E-state index in [4.69, 9.17) is 0 Å². The lowest BCUT2D eigenvalue weighted by Crippen LogP contribution is -2.10. The van der Waals surface area contributed by atoms with Crippen LogP contribution in [0.15, 0.2) is 84.0 Å². The molecule has 1 aromatic heterocycles. The van der Waals surface area contributed by atoms with E-state index in [1.807, 2.05) is 65.2 Å². The normalized spacial score (nSPS) is 13.1. The number of Topliss-reactive ketones (excluding diaryl/α,β-unsaturated/α-hetero) is 1. The first-order valence-electron chi connectivity index (χ1n) is 11.3. The molecule has 0 aliphatic carbocycles. The lowest BCUT2D eigenvalue weighted by Gasteiger charge is -2.11. The van der Waals surface area contributed by atoms with Crippen LogP contribution in [-0.2, 0) is 17.6 Å². The Hall–Kier alpha value is -3.71. The maximum absolute atomic E-state index is 13.0. The third-order valence-corrected chi connectivity index (χ3v) is 6.73. The van der Waals surface area contributed by atoms with Crippen molar-refractivity contribution in [3.8, 4) is 5.69 Å². The molecule has 3 aromatic carbocycles. The number of nitrogens with zero attached hydrogens (tertiary/aromatic N) is 3. The number of benzene rings is 3. The van der Waals surface area contributed by atoms with Crippen LogP contribution < -0.4 is 5.32 Å². The monoisotopic (exact) mass is 468 g/mol. The van der Waals surface area contributed by atoms with E-state index in [1.165, 1.54) is 11.8 Å². The minimum absolute atomic E-state index is 0.0237. The highest BCUT2D eigenvalue weighted by Crippen LogP contribution is 2.27. The quantitative estimate of drug-likeness (QED) is 0.301. The Kier molecular flexibility index (Phi) is 6.53. The van der Waals surface area contributed by atoms with Gasteiger partial charge in [-0.25, -0.2) is 0 Å². The fourth-order valence-corrected chi connectivity index (χ4v) is 4.95. The van der Waals surface area contributed by atoms with Crippen molar-refractivity contribution in [2.75, 3.05) is 11.1 Å². The molecule has 0 spiro atoms. The van der Waals surface area contributed by atoms with E-state index >= 15 is 0 Å². The molecule has 1 aliphatic rings. The summed E-state index contributed by atoms with van der Waals surface area (Å²) in [5, 5.41) is 12.5. The number of hydrogen-bond acceptors (Lipinski definition) is 5. The van der Waals surface area contributed by atoms with Crippen molar-refractivity contribution in [3.05, 3.63) is 101 Å². The number of aromatic nitrogens is 3. The second kappa shape index (κ2) is 10.1. The number of carbonyl (C=O) groups excluding carboxylic acids is 2. The van der Waals surface area contributed by atoms with Gasteiger partial charge >= 0.3 is 0 Å². The van der Waals surface area contributed by atoms with Gasteiger partial charge in [-0.2, -0.15) is 0 Å². The number of nitrogens with one attached hydrogen (secondary N) is 1. The van der Waals surface area contributed by atoms with Crippen molar-refractivity contribution in [1.82, 2.24) is 14.8 Å². The Morgan fingerprint density at radius 2 is 1.71 bits per heavy atom. The standard InChI is InChI=1S/C27H24N4O2S/c32-24(21-14-15-23-20(17-21)10-7-13-26(33)28-23)18-34-27-30-29-25(16-19-8-3-1-4-9-19)31(27)22-11-5-2-6-12-22/h1-6,8-9,11-12,14-15,17H,7,10,13,16,18H2,(H,28,33). The zero-order valence-corrected chi connectivity index (χ0v) is 19.4. The average Bonchev–Trinajstić information content (AvgIpc) is 3.16. The van der Waals surface area contributed by atoms with E-state index in [9.17, 15) is 9.59 Å². The molecule has 0 fully saturated rings. The van der Waals surface area contributed by atoms with Crippen molar-refractivity contribution >= 4 is 29.1 Å². The van der Waals surface area contributed by atoms with E-state index in [-0.39, 0.29) is 17.4 Å². The SMILES string of the molecule is O=C1CCCc2cc(C(=O)CSc3nnc(Cc4ccccc4)n3-c3ccccc3)ccc2N1. The van der Waals surface area contributed by atoms with Gasteiger partial charge in [-0.15, -0.1) is 10.2 Å². The third-order valence-electron chi connectivity index (χ3n) is 5.80. The molecule has 0 radical (unpaired) electrons. The van der Waals surface area contributed by atoms with Crippen LogP contribution in [0.5, 0.6) is 0 Å². The van der Waals surface area contributed by atoms with Crippen molar-refractivity contribution in [3.63, 3.8) is 0 Å². The number of anilines is 1. The molecule has 2 heterocycles. The van der Waals surface area contributed by atoms with Gasteiger partial charge in [0, 0.05) is 29.8 Å². The molecule has 170 valence electrons. The topological polar surface area (TPSA) is 76.9 Å². The molecule has 1 aliphatic heterocycles. The fourth-order valence-electron chi connectivity index (χ4n) is 4.08. The fraction of sp³-hybridized carbons (Fsp3) is 0.185. The lowest BCUT2D eigenvalue weighted by atomic mass is 10.0. The number of aryl methyl sites for hydroxylation is 1. The number of rotatable bonds is 7. The predicted octanol–water partition coefficient (Wildman–Crippen LogP) is 5.11. The lowest BCUT2D eigenvalue weighted by molar-refractivity contribution is -0.116. The van der Waals surface area contributed by atoms with Gasteiger partial charge < -0.3 is 5.32 Å². The van der Waals surface area contributed by atoms with Gasteiger partial charge in [0.05, 0.1) is 5.75 Å². The molecule has 7 heteroatoms. The Balaban J connectivity index is 1.37. The van der Waals surface area contributed by atoms with Crippen LogP contribution >= 0.6 is 11.8 Å². The summed E-state index contributed by atoms with van der Waals surface area (Å²) >= 11 is 1.39. The van der Waals surface area contributed by atoms with Gasteiger partial charge in [0.1, 0.15) is 5.82 Å². The number of hydrogen-bond donors (Lipinski definition) is 1. The first-order chi connectivity index (χ1) is 16.7. The summed E-state index contributed by atoms with van der Waals surface area (Å²) in [7, 11) is 0. The number of carbonyl (C=O) groups is 2. The summed E-state index contributed by atoms with van der Waals surface area (Å²) < 4.78 is 2.03. The molecule has 1 N–H and O–H groups in total. The first kappa shape index (κ1) is 22.1. The van der Waals surface area contributed by atoms with E-state index in [2.05, 4.69) is 27.6 Å². The van der Waals surface area contributed by atoms with Crippen molar-refractivity contribution < 1.29 is 9.59 Å². The highest BCUT2D eigenvalue weighted by atomic mass is 32.2. The third kappa shape index (κ3) is 4.94. The van der Waals surface area contributed by atoms with Crippen LogP contribution in [0.1, 0.15) is 40.2 Å². The maximum atomic E-state index is 13.0. The number of ketones is 1. The molecular formula is C27H24N4O2S. The van der Waals surface area contributed by atoms with Crippen LogP contribution in [0.3, 0.4) is 0 Å². The second-order valence-corrected chi connectivity index (χ2v) is 9.16. The minimum atomic E-state index is 0.0237. The van der Waals surface area contributed by atoms with Gasteiger partial charge in [0.2, 0.25) is 5.91 Å². The van der Waals surface area contributed by atoms with Gasteiger partial charge in [-0.1, -0.05) is 60.3 Å². The van der Waals surface area contributed by atoms with Gasteiger partial charge in [-0.3, -0.25) is 14.2 Å². The van der Waals surface area contributed by atoms with Crippen molar-refractivity contribution in [1.29, 1.82) is 0 Å². The Morgan fingerprint density at radius 3 is 2.50 bits per heavy atom. The molecule has 0 unspecified atom stereocenters. The number of fused-ring (bicyclic) bond motifs is 1. The van der Waals surface area contributed by atoms with Crippen molar-refractivity contribution in [2.45, 2.75) is 30.8 Å². The highest BCUT2D eigenvalue weighted by Gasteiger charge is 2.18. The molecule has 0 saturated heterocycles. The molecule has 6 nitrogen and oxygen atoms in total.